The first-order valence-electron chi connectivity index (χ1n) is 8.87. The standard InChI is InChI=1S/C19H21NO7S/c1-19(21,13-3-5-16-17(9-13)27-12-26-16)11-20-28(22,23)14-4-6-15-18(10-14)25-8-2-7-24-15/h3-6,9-10,20-21H,2,7-8,11-12H2,1H3. The summed E-state index contributed by atoms with van der Waals surface area (Å²) in [6.07, 6.45) is 0.730. The van der Waals surface area contributed by atoms with Gasteiger partial charge >= 0.3 is 0 Å². The van der Waals surface area contributed by atoms with Crippen LogP contribution < -0.4 is 23.7 Å². The number of fused-ring (bicyclic) bond motifs is 2. The van der Waals surface area contributed by atoms with Crippen LogP contribution in [0.1, 0.15) is 18.9 Å². The second kappa shape index (κ2) is 7.16. The molecule has 0 bridgehead atoms. The zero-order chi connectivity index (χ0) is 19.8. The van der Waals surface area contributed by atoms with Gasteiger partial charge in [-0.1, -0.05) is 6.07 Å². The molecular formula is C19H21NO7S. The number of hydrogen-bond donors (Lipinski definition) is 2. The highest BCUT2D eigenvalue weighted by Gasteiger charge is 2.29. The summed E-state index contributed by atoms with van der Waals surface area (Å²) in [4.78, 5) is 0.0400. The fourth-order valence-corrected chi connectivity index (χ4v) is 4.11. The Kier molecular flexibility index (Phi) is 4.82. The first kappa shape index (κ1) is 18.9. The van der Waals surface area contributed by atoms with Crippen LogP contribution in [0.25, 0.3) is 0 Å². The van der Waals surface area contributed by atoms with Gasteiger partial charge in [-0.05, 0) is 36.8 Å². The Bertz CT molecular complexity index is 988. The van der Waals surface area contributed by atoms with Gasteiger partial charge in [-0.15, -0.1) is 0 Å². The minimum atomic E-state index is -3.86. The van der Waals surface area contributed by atoms with E-state index in [9.17, 15) is 13.5 Å². The molecule has 0 radical (unpaired) electrons. The largest absolute Gasteiger partial charge is 0.490 e. The minimum absolute atomic E-state index is 0.0400. The lowest BCUT2D eigenvalue weighted by Gasteiger charge is -2.24. The second-order valence-corrected chi connectivity index (χ2v) is 8.59. The molecule has 0 saturated heterocycles. The maximum atomic E-state index is 12.7. The highest BCUT2D eigenvalue weighted by Crippen LogP contribution is 2.36. The van der Waals surface area contributed by atoms with Crippen molar-refractivity contribution < 1.29 is 32.5 Å². The van der Waals surface area contributed by atoms with Gasteiger partial charge in [-0.2, -0.15) is 0 Å². The number of hydrogen-bond acceptors (Lipinski definition) is 7. The van der Waals surface area contributed by atoms with Gasteiger partial charge in [0.05, 0.1) is 18.1 Å². The SMILES string of the molecule is CC(O)(CNS(=O)(=O)c1ccc2c(c1)OCCCO2)c1ccc2c(c1)OCO2. The first-order valence-corrected chi connectivity index (χ1v) is 10.4. The van der Waals surface area contributed by atoms with E-state index in [-0.39, 0.29) is 18.2 Å². The normalized spacial score (nSPS) is 17.6. The average molecular weight is 407 g/mol. The first-order chi connectivity index (χ1) is 13.4. The van der Waals surface area contributed by atoms with E-state index in [0.29, 0.717) is 41.8 Å². The molecule has 0 aromatic heterocycles. The zero-order valence-electron chi connectivity index (χ0n) is 15.3. The van der Waals surface area contributed by atoms with Gasteiger partial charge < -0.3 is 24.1 Å². The summed E-state index contributed by atoms with van der Waals surface area (Å²) in [6, 6.07) is 9.46. The van der Waals surface area contributed by atoms with Crippen LogP contribution in [0, 0.1) is 0 Å². The molecule has 9 heteroatoms. The minimum Gasteiger partial charge on any atom is -0.490 e. The Morgan fingerprint density at radius 1 is 0.964 bits per heavy atom. The summed E-state index contributed by atoms with van der Waals surface area (Å²) in [7, 11) is -3.86. The van der Waals surface area contributed by atoms with E-state index in [1.807, 2.05) is 0 Å². The summed E-state index contributed by atoms with van der Waals surface area (Å²) >= 11 is 0. The maximum Gasteiger partial charge on any atom is 0.240 e. The number of sulfonamides is 1. The Labute approximate surface area is 163 Å². The highest BCUT2D eigenvalue weighted by molar-refractivity contribution is 7.89. The molecule has 8 nitrogen and oxygen atoms in total. The third kappa shape index (κ3) is 3.73. The second-order valence-electron chi connectivity index (χ2n) is 6.83. The predicted molar refractivity (Wildman–Crippen MR) is 99.4 cm³/mol. The highest BCUT2D eigenvalue weighted by atomic mass is 32.2. The zero-order valence-corrected chi connectivity index (χ0v) is 16.1. The van der Waals surface area contributed by atoms with Crippen molar-refractivity contribution in [3.8, 4) is 23.0 Å². The van der Waals surface area contributed by atoms with E-state index in [4.69, 9.17) is 18.9 Å². The van der Waals surface area contributed by atoms with E-state index in [2.05, 4.69) is 4.72 Å². The molecule has 1 atom stereocenters. The van der Waals surface area contributed by atoms with Crippen molar-refractivity contribution in [2.45, 2.75) is 23.8 Å². The number of nitrogens with one attached hydrogen (secondary N) is 1. The van der Waals surface area contributed by atoms with Crippen LogP contribution in [0.5, 0.6) is 23.0 Å². The lowest BCUT2D eigenvalue weighted by Crippen LogP contribution is -2.38. The molecule has 0 amide bonds. The topological polar surface area (TPSA) is 103 Å². The van der Waals surface area contributed by atoms with Crippen LogP contribution in [0.4, 0.5) is 0 Å². The monoisotopic (exact) mass is 407 g/mol. The molecule has 0 saturated carbocycles. The van der Waals surface area contributed by atoms with Gasteiger partial charge in [0.1, 0.15) is 5.60 Å². The lowest BCUT2D eigenvalue weighted by atomic mass is 9.96. The van der Waals surface area contributed by atoms with Crippen LogP contribution in [0.15, 0.2) is 41.3 Å². The molecule has 28 heavy (non-hydrogen) atoms. The Hall–Kier alpha value is -2.49. The van der Waals surface area contributed by atoms with Crippen molar-refractivity contribution in [3.05, 3.63) is 42.0 Å². The van der Waals surface area contributed by atoms with Crippen molar-refractivity contribution in [1.82, 2.24) is 4.72 Å². The Balaban J connectivity index is 1.51. The van der Waals surface area contributed by atoms with Crippen molar-refractivity contribution >= 4 is 10.0 Å². The third-order valence-corrected chi connectivity index (χ3v) is 6.03. The van der Waals surface area contributed by atoms with E-state index in [1.165, 1.54) is 19.1 Å². The van der Waals surface area contributed by atoms with E-state index in [1.54, 1.807) is 24.3 Å². The average Bonchev–Trinajstić information content (AvgIpc) is 3.02. The smallest absolute Gasteiger partial charge is 0.240 e. The van der Waals surface area contributed by atoms with Gasteiger partial charge in [0.25, 0.3) is 0 Å². The van der Waals surface area contributed by atoms with Crippen molar-refractivity contribution in [1.29, 1.82) is 0 Å². The Morgan fingerprint density at radius 3 is 2.43 bits per heavy atom. The van der Waals surface area contributed by atoms with Crippen molar-refractivity contribution in [3.63, 3.8) is 0 Å². The van der Waals surface area contributed by atoms with Gasteiger partial charge in [-0.3, -0.25) is 0 Å². The van der Waals surface area contributed by atoms with E-state index < -0.39 is 15.6 Å². The van der Waals surface area contributed by atoms with E-state index >= 15 is 0 Å². The molecule has 0 fully saturated rings. The number of aliphatic hydroxyl groups is 1. The number of ether oxygens (including phenoxy) is 4. The third-order valence-electron chi connectivity index (χ3n) is 4.63. The molecule has 2 aromatic carbocycles. The summed E-state index contributed by atoms with van der Waals surface area (Å²) in [5.41, 5.74) is -0.933. The van der Waals surface area contributed by atoms with Gasteiger partial charge in [0.15, 0.2) is 23.0 Å². The quantitative estimate of drug-likeness (QED) is 0.778. The summed E-state index contributed by atoms with van der Waals surface area (Å²) in [5, 5.41) is 10.8. The van der Waals surface area contributed by atoms with Crippen LogP contribution >= 0.6 is 0 Å². The molecule has 1 unspecified atom stereocenters. The molecule has 2 heterocycles. The molecule has 0 spiro atoms. The van der Waals surface area contributed by atoms with Gasteiger partial charge in [0, 0.05) is 19.0 Å². The predicted octanol–water partition coefficient (Wildman–Crippen LogP) is 1.76. The van der Waals surface area contributed by atoms with Crippen LogP contribution in [0.3, 0.4) is 0 Å². The van der Waals surface area contributed by atoms with Crippen LogP contribution in [0.2, 0.25) is 0 Å². The maximum absolute atomic E-state index is 12.7. The van der Waals surface area contributed by atoms with Crippen LogP contribution in [-0.4, -0.2) is 40.1 Å². The molecule has 2 N–H and O–H groups in total. The fraction of sp³-hybridized carbons (Fsp3) is 0.368. The summed E-state index contributed by atoms with van der Waals surface area (Å²) < 4.78 is 49.5. The van der Waals surface area contributed by atoms with Crippen molar-refractivity contribution in [2.24, 2.45) is 0 Å². The summed E-state index contributed by atoms with van der Waals surface area (Å²) in [5.74, 6) is 2.02. The van der Waals surface area contributed by atoms with Gasteiger partial charge in [-0.25, -0.2) is 13.1 Å². The molecule has 150 valence electrons. The molecular weight excluding hydrogens is 386 g/mol. The molecule has 4 rings (SSSR count). The Morgan fingerprint density at radius 2 is 1.61 bits per heavy atom. The van der Waals surface area contributed by atoms with Gasteiger partial charge in [0.2, 0.25) is 16.8 Å². The van der Waals surface area contributed by atoms with Crippen LogP contribution in [-0.2, 0) is 15.6 Å². The molecule has 0 aliphatic carbocycles. The van der Waals surface area contributed by atoms with E-state index in [0.717, 1.165) is 6.42 Å². The fourth-order valence-electron chi connectivity index (χ4n) is 2.96. The van der Waals surface area contributed by atoms with Crippen molar-refractivity contribution in [2.75, 3.05) is 26.6 Å². The molecule has 2 aliphatic heterocycles. The number of rotatable bonds is 5. The lowest BCUT2D eigenvalue weighted by molar-refractivity contribution is 0.0625. The molecule has 2 aromatic rings. The molecule has 2 aliphatic rings. The number of benzene rings is 2. The summed E-state index contributed by atoms with van der Waals surface area (Å²) in [6.45, 7) is 2.42.